The zero-order valence-corrected chi connectivity index (χ0v) is 15.4. The predicted octanol–water partition coefficient (Wildman–Crippen LogP) is 4.24. The van der Waals surface area contributed by atoms with Gasteiger partial charge in [0.2, 0.25) is 0 Å². The van der Waals surface area contributed by atoms with E-state index in [-0.39, 0.29) is 5.41 Å². The number of unbranched alkanes of at least 4 members (excludes halogenated alkanes) is 1. The number of nitrogens with zero attached hydrogens (tertiary/aromatic N) is 4. The summed E-state index contributed by atoms with van der Waals surface area (Å²) < 4.78 is 2.33. The second-order valence-corrected chi connectivity index (χ2v) is 7.39. The quantitative estimate of drug-likeness (QED) is 0.655. The van der Waals surface area contributed by atoms with Gasteiger partial charge in [0.25, 0.3) is 0 Å². The lowest BCUT2D eigenvalue weighted by Gasteiger charge is -2.25. The minimum absolute atomic E-state index is 0.0132. The van der Waals surface area contributed by atoms with E-state index in [1.807, 2.05) is 18.2 Å². The molecule has 5 nitrogen and oxygen atoms in total. The van der Waals surface area contributed by atoms with Gasteiger partial charge in [-0.05, 0) is 31.2 Å². The van der Waals surface area contributed by atoms with E-state index in [0.717, 1.165) is 53.6 Å². The molecule has 2 aromatic heterocycles. The molecule has 1 aromatic carbocycles. The highest BCUT2D eigenvalue weighted by Gasteiger charge is 2.23. The molecule has 0 amide bonds. The number of aryl methyl sites for hydroxylation is 1. The Kier molecular flexibility index (Phi) is 4.86. The third kappa shape index (κ3) is 3.29. The fraction of sp³-hybridized carbons (Fsp3) is 0.450. The van der Waals surface area contributed by atoms with Crippen LogP contribution in [0.2, 0.25) is 0 Å². The number of pyridine rings is 1. The zero-order chi connectivity index (χ0) is 18.0. The van der Waals surface area contributed by atoms with Crippen LogP contribution in [0.1, 0.15) is 39.4 Å². The van der Waals surface area contributed by atoms with Crippen molar-refractivity contribution in [3.05, 3.63) is 30.1 Å². The highest BCUT2D eigenvalue weighted by atomic mass is 15.1. The number of benzene rings is 1. The summed E-state index contributed by atoms with van der Waals surface area (Å²) in [5.74, 6) is 1.69. The van der Waals surface area contributed by atoms with E-state index in [9.17, 15) is 0 Å². The Morgan fingerprint density at radius 3 is 2.68 bits per heavy atom. The molecule has 0 spiro atoms. The molecule has 3 aromatic rings. The molecular weight excluding hydrogens is 310 g/mol. The van der Waals surface area contributed by atoms with E-state index < -0.39 is 0 Å². The van der Waals surface area contributed by atoms with Crippen molar-refractivity contribution in [1.82, 2.24) is 14.5 Å². The fourth-order valence-electron chi connectivity index (χ4n) is 3.17. The average molecular weight is 337 g/mol. The summed E-state index contributed by atoms with van der Waals surface area (Å²) in [6.07, 6.45) is 3.18. The molecule has 0 bridgehead atoms. The van der Waals surface area contributed by atoms with Gasteiger partial charge in [-0.1, -0.05) is 45.4 Å². The summed E-state index contributed by atoms with van der Waals surface area (Å²) in [6, 6.07) is 8.16. The van der Waals surface area contributed by atoms with Crippen LogP contribution in [0.4, 0.5) is 5.82 Å². The Morgan fingerprint density at radius 2 is 2.00 bits per heavy atom. The Balaban J connectivity index is 2.34. The van der Waals surface area contributed by atoms with E-state index in [0.29, 0.717) is 12.4 Å². The first-order valence-corrected chi connectivity index (χ1v) is 8.95. The fourth-order valence-corrected chi connectivity index (χ4v) is 3.17. The number of imidazole rings is 1. The SMILES string of the molecule is C=Nc1nc2ccccc2c2c1nc(CCCC)n2CC(C)(C)CN. The number of nitrogens with two attached hydrogens (primary N) is 1. The molecular formula is C20H27N5. The molecule has 0 aliphatic carbocycles. The molecule has 0 radical (unpaired) electrons. The van der Waals surface area contributed by atoms with E-state index in [1.54, 1.807) is 0 Å². The molecule has 0 aliphatic rings. The maximum atomic E-state index is 6.01. The topological polar surface area (TPSA) is 69.1 Å². The Bertz CT molecular complexity index is 907. The Morgan fingerprint density at radius 1 is 1.24 bits per heavy atom. The van der Waals surface area contributed by atoms with Crippen molar-refractivity contribution >= 4 is 34.5 Å². The summed E-state index contributed by atoms with van der Waals surface area (Å²) in [5.41, 5.74) is 8.86. The summed E-state index contributed by atoms with van der Waals surface area (Å²) in [6.45, 7) is 11.7. The molecule has 5 heteroatoms. The first kappa shape index (κ1) is 17.5. The number of aromatic nitrogens is 3. The lowest BCUT2D eigenvalue weighted by atomic mass is 9.93. The van der Waals surface area contributed by atoms with Crippen molar-refractivity contribution in [1.29, 1.82) is 0 Å². The minimum atomic E-state index is -0.0132. The number of para-hydroxylation sites is 1. The zero-order valence-electron chi connectivity index (χ0n) is 15.4. The van der Waals surface area contributed by atoms with Crippen LogP contribution in [-0.2, 0) is 13.0 Å². The van der Waals surface area contributed by atoms with Crippen molar-refractivity contribution in [2.45, 2.75) is 46.6 Å². The maximum Gasteiger partial charge on any atom is 0.180 e. The van der Waals surface area contributed by atoms with Crippen LogP contribution >= 0.6 is 0 Å². The van der Waals surface area contributed by atoms with Crippen LogP contribution < -0.4 is 5.73 Å². The van der Waals surface area contributed by atoms with Crippen LogP contribution in [0.5, 0.6) is 0 Å². The second-order valence-electron chi connectivity index (χ2n) is 7.39. The van der Waals surface area contributed by atoms with E-state index in [4.69, 9.17) is 10.7 Å². The third-order valence-corrected chi connectivity index (χ3v) is 4.69. The van der Waals surface area contributed by atoms with Crippen LogP contribution in [0.25, 0.3) is 21.9 Å². The van der Waals surface area contributed by atoms with E-state index in [2.05, 4.69) is 48.1 Å². The number of hydrogen-bond donors (Lipinski definition) is 1. The van der Waals surface area contributed by atoms with Crippen LogP contribution in [0, 0.1) is 5.41 Å². The highest BCUT2D eigenvalue weighted by molar-refractivity contribution is 6.06. The van der Waals surface area contributed by atoms with Gasteiger partial charge in [0.05, 0.1) is 11.0 Å². The smallest absolute Gasteiger partial charge is 0.180 e. The number of rotatable bonds is 7. The standard InChI is InChI=1S/C20H27N5/c1-5-6-11-16-24-17-18(25(16)13-20(2,3)12-21)14-9-7-8-10-15(14)23-19(17)22-4/h7-10H,4-6,11-13,21H2,1-3H3. The molecule has 0 fully saturated rings. The summed E-state index contributed by atoms with van der Waals surface area (Å²) in [5, 5.41) is 1.10. The van der Waals surface area contributed by atoms with Gasteiger partial charge in [-0.15, -0.1) is 0 Å². The molecule has 25 heavy (non-hydrogen) atoms. The Hall–Kier alpha value is -2.27. The lowest BCUT2D eigenvalue weighted by Crippen LogP contribution is -2.29. The van der Waals surface area contributed by atoms with Crippen LogP contribution in [0.3, 0.4) is 0 Å². The average Bonchev–Trinajstić information content (AvgIpc) is 2.97. The normalized spacial score (nSPS) is 12.2. The maximum absolute atomic E-state index is 6.01. The van der Waals surface area contributed by atoms with Crippen molar-refractivity contribution in [3.63, 3.8) is 0 Å². The molecule has 0 saturated carbocycles. The minimum Gasteiger partial charge on any atom is -0.330 e. The molecule has 3 rings (SSSR count). The first-order valence-electron chi connectivity index (χ1n) is 8.95. The van der Waals surface area contributed by atoms with Gasteiger partial charge in [-0.2, -0.15) is 0 Å². The van der Waals surface area contributed by atoms with Crippen molar-refractivity contribution in [2.24, 2.45) is 16.1 Å². The molecule has 0 unspecified atom stereocenters. The monoisotopic (exact) mass is 337 g/mol. The number of aliphatic imine (C=N–C) groups is 1. The molecule has 2 heterocycles. The van der Waals surface area contributed by atoms with Gasteiger partial charge in [0, 0.05) is 18.4 Å². The van der Waals surface area contributed by atoms with Gasteiger partial charge in [0.1, 0.15) is 11.3 Å². The van der Waals surface area contributed by atoms with Gasteiger partial charge in [-0.3, -0.25) is 0 Å². The van der Waals surface area contributed by atoms with Gasteiger partial charge in [-0.25, -0.2) is 15.0 Å². The molecule has 132 valence electrons. The largest absolute Gasteiger partial charge is 0.330 e. The first-order chi connectivity index (χ1) is 12.0. The number of hydrogen-bond acceptors (Lipinski definition) is 4. The van der Waals surface area contributed by atoms with Crippen molar-refractivity contribution < 1.29 is 0 Å². The summed E-state index contributed by atoms with van der Waals surface area (Å²) in [4.78, 5) is 13.7. The summed E-state index contributed by atoms with van der Waals surface area (Å²) >= 11 is 0. The highest BCUT2D eigenvalue weighted by Crippen LogP contribution is 2.33. The third-order valence-electron chi connectivity index (χ3n) is 4.69. The van der Waals surface area contributed by atoms with E-state index in [1.165, 1.54) is 0 Å². The molecule has 0 aliphatic heterocycles. The lowest BCUT2D eigenvalue weighted by molar-refractivity contribution is 0.317. The number of fused-ring (bicyclic) bond motifs is 3. The predicted molar refractivity (Wildman–Crippen MR) is 106 cm³/mol. The van der Waals surface area contributed by atoms with Crippen molar-refractivity contribution in [2.75, 3.05) is 6.54 Å². The molecule has 2 N–H and O–H groups in total. The molecule has 0 atom stereocenters. The van der Waals surface area contributed by atoms with Gasteiger partial charge >= 0.3 is 0 Å². The second kappa shape index (κ2) is 6.92. The molecule has 0 saturated heterocycles. The van der Waals surface area contributed by atoms with Crippen molar-refractivity contribution in [3.8, 4) is 0 Å². The summed E-state index contributed by atoms with van der Waals surface area (Å²) in [7, 11) is 0. The van der Waals surface area contributed by atoms with Gasteiger partial charge < -0.3 is 10.3 Å². The van der Waals surface area contributed by atoms with Gasteiger partial charge in [0.15, 0.2) is 5.82 Å². The van der Waals surface area contributed by atoms with E-state index >= 15 is 0 Å². The Labute approximate surface area is 149 Å². The van der Waals surface area contributed by atoms with Crippen LogP contribution in [-0.4, -0.2) is 27.8 Å². The van der Waals surface area contributed by atoms with Crippen LogP contribution in [0.15, 0.2) is 29.3 Å².